The summed E-state index contributed by atoms with van der Waals surface area (Å²) in [4.78, 5) is 2.08. The van der Waals surface area contributed by atoms with Crippen LogP contribution in [0.15, 0.2) is 84.7 Å². The number of para-hydroxylation sites is 1. The van der Waals surface area contributed by atoms with Crippen LogP contribution in [-0.2, 0) is 6.54 Å². The van der Waals surface area contributed by atoms with Crippen molar-refractivity contribution in [3.8, 4) is 6.07 Å². The summed E-state index contributed by atoms with van der Waals surface area (Å²) in [5, 5.41) is 13.1. The molecule has 2 aromatic rings. The van der Waals surface area contributed by atoms with Gasteiger partial charge >= 0.3 is 0 Å². The first-order valence-electron chi connectivity index (χ1n) is 8.17. The third-order valence-electron chi connectivity index (χ3n) is 4.18. The van der Waals surface area contributed by atoms with Crippen molar-refractivity contribution in [3.63, 3.8) is 0 Å². The van der Waals surface area contributed by atoms with Gasteiger partial charge in [0.15, 0.2) is 0 Å². The molecule has 2 atom stereocenters. The van der Waals surface area contributed by atoms with Crippen LogP contribution in [0.2, 0.25) is 0 Å². The zero-order valence-corrected chi connectivity index (χ0v) is 13.8. The molecule has 1 aliphatic heterocycles. The molecule has 0 saturated heterocycles. The van der Waals surface area contributed by atoms with Crippen LogP contribution in [-0.4, -0.2) is 10.9 Å². The number of hydrogen-bond donors (Lipinski definition) is 1. The lowest BCUT2D eigenvalue weighted by molar-refractivity contribution is 0.499. The third-order valence-corrected chi connectivity index (χ3v) is 4.18. The summed E-state index contributed by atoms with van der Waals surface area (Å²) in [6, 6.07) is 22.7. The van der Waals surface area contributed by atoms with Gasteiger partial charge in [-0.15, -0.1) is 0 Å². The molecule has 3 rings (SSSR count). The van der Waals surface area contributed by atoms with Gasteiger partial charge in [0.1, 0.15) is 0 Å². The van der Waals surface area contributed by atoms with Crippen LogP contribution in [0, 0.1) is 17.2 Å². The van der Waals surface area contributed by atoms with E-state index in [0.717, 1.165) is 17.8 Å². The van der Waals surface area contributed by atoms with Crippen LogP contribution in [0.4, 0.5) is 5.69 Å². The highest BCUT2D eigenvalue weighted by molar-refractivity contribution is 5.48. The van der Waals surface area contributed by atoms with Gasteiger partial charge in [-0.1, -0.05) is 61.5 Å². The van der Waals surface area contributed by atoms with E-state index < -0.39 is 0 Å². The highest BCUT2D eigenvalue weighted by Gasteiger charge is 2.23. The third kappa shape index (κ3) is 3.85. The zero-order valence-electron chi connectivity index (χ0n) is 13.8. The van der Waals surface area contributed by atoms with Crippen LogP contribution < -0.4 is 5.32 Å². The van der Waals surface area contributed by atoms with Crippen molar-refractivity contribution in [3.05, 3.63) is 90.3 Å². The quantitative estimate of drug-likeness (QED) is 0.900. The minimum Gasteiger partial charge on any atom is -0.377 e. The van der Waals surface area contributed by atoms with Crippen molar-refractivity contribution in [1.82, 2.24) is 4.90 Å². The second-order valence-electron chi connectivity index (χ2n) is 6.04. The molecule has 0 spiro atoms. The Kier molecular flexibility index (Phi) is 4.98. The molecular formula is C21H21N3. The molecule has 120 valence electrons. The van der Waals surface area contributed by atoms with Crippen molar-refractivity contribution in [1.29, 1.82) is 5.26 Å². The van der Waals surface area contributed by atoms with E-state index in [-0.39, 0.29) is 12.0 Å². The molecule has 0 saturated carbocycles. The Balaban J connectivity index is 1.82. The monoisotopic (exact) mass is 315 g/mol. The van der Waals surface area contributed by atoms with Crippen LogP contribution in [0.5, 0.6) is 0 Å². The fourth-order valence-corrected chi connectivity index (χ4v) is 2.86. The molecule has 3 nitrogen and oxygen atoms in total. The topological polar surface area (TPSA) is 39.1 Å². The Hall–Kier alpha value is -2.99. The van der Waals surface area contributed by atoms with Gasteiger partial charge in [0.05, 0.1) is 17.7 Å². The first-order valence-corrected chi connectivity index (χ1v) is 8.17. The van der Waals surface area contributed by atoms with Gasteiger partial charge in [-0.05, 0) is 17.7 Å². The highest BCUT2D eigenvalue weighted by atomic mass is 15.1. The average Bonchev–Trinajstić information content (AvgIpc) is 2.77. The predicted molar refractivity (Wildman–Crippen MR) is 97.8 cm³/mol. The second kappa shape index (κ2) is 7.52. The van der Waals surface area contributed by atoms with Crippen molar-refractivity contribution in [2.45, 2.75) is 19.5 Å². The summed E-state index contributed by atoms with van der Waals surface area (Å²) < 4.78 is 0. The van der Waals surface area contributed by atoms with Gasteiger partial charge in [-0.2, -0.15) is 5.26 Å². The first kappa shape index (κ1) is 15.9. The number of rotatable bonds is 4. The Morgan fingerprint density at radius 2 is 1.71 bits per heavy atom. The Bertz CT molecular complexity index is 757. The smallest absolute Gasteiger partial charge is 0.0984 e. The predicted octanol–water partition coefficient (Wildman–Crippen LogP) is 4.54. The summed E-state index contributed by atoms with van der Waals surface area (Å²) in [6.45, 7) is 2.89. The van der Waals surface area contributed by atoms with Gasteiger partial charge in [0.25, 0.3) is 0 Å². The van der Waals surface area contributed by atoms with Gasteiger partial charge < -0.3 is 10.2 Å². The van der Waals surface area contributed by atoms with Crippen LogP contribution in [0.3, 0.4) is 0 Å². The van der Waals surface area contributed by atoms with Crippen LogP contribution in [0.25, 0.3) is 0 Å². The number of anilines is 1. The molecule has 1 aliphatic rings. The average molecular weight is 315 g/mol. The van der Waals surface area contributed by atoms with E-state index in [9.17, 15) is 5.26 Å². The summed E-state index contributed by atoms with van der Waals surface area (Å²) in [7, 11) is 0. The molecule has 0 aliphatic carbocycles. The summed E-state index contributed by atoms with van der Waals surface area (Å²) in [6.07, 6.45) is 6.18. The molecule has 1 heterocycles. The van der Waals surface area contributed by atoms with E-state index in [0.29, 0.717) is 0 Å². The number of nitrogens with one attached hydrogen (secondary N) is 1. The van der Waals surface area contributed by atoms with E-state index >= 15 is 0 Å². The minimum absolute atomic E-state index is 0.0329. The number of hydrogen-bond acceptors (Lipinski definition) is 3. The van der Waals surface area contributed by atoms with Crippen LogP contribution >= 0.6 is 0 Å². The molecule has 24 heavy (non-hydrogen) atoms. The Morgan fingerprint density at radius 1 is 1.04 bits per heavy atom. The fourth-order valence-electron chi connectivity index (χ4n) is 2.86. The maximum absolute atomic E-state index is 9.65. The van der Waals surface area contributed by atoms with Gasteiger partial charge in [0.2, 0.25) is 0 Å². The normalized spacial score (nSPS) is 20.0. The Morgan fingerprint density at radius 3 is 2.38 bits per heavy atom. The van der Waals surface area contributed by atoms with E-state index in [1.54, 1.807) is 0 Å². The lowest BCUT2D eigenvalue weighted by atomic mass is 9.95. The van der Waals surface area contributed by atoms with Crippen LogP contribution in [0.1, 0.15) is 12.5 Å². The molecule has 3 heteroatoms. The molecular weight excluding hydrogens is 294 g/mol. The molecule has 1 N–H and O–H groups in total. The first-order chi connectivity index (χ1) is 11.8. The van der Waals surface area contributed by atoms with Gasteiger partial charge in [-0.25, -0.2) is 0 Å². The molecule has 0 radical (unpaired) electrons. The molecule has 0 fully saturated rings. The second-order valence-corrected chi connectivity index (χ2v) is 6.04. The standard InChI is InChI=1S/C21H21N3/c1-17-12-13-24(15-18-8-4-2-5-9-18)16-19(14-22)21(17)23-20-10-6-3-7-11-20/h2-13,16-17,21,23H,15H2,1H3/t17-,21-/m0/s1. The summed E-state index contributed by atoms with van der Waals surface area (Å²) in [5.74, 6) is 0.219. The van der Waals surface area contributed by atoms with Crippen molar-refractivity contribution in [2.24, 2.45) is 5.92 Å². The SMILES string of the molecule is C[C@H]1C=CN(Cc2ccccc2)C=C(C#N)[C@H]1Nc1ccccc1. The van der Waals surface area contributed by atoms with E-state index in [1.165, 1.54) is 5.56 Å². The van der Waals surface area contributed by atoms with E-state index in [4.69, 9.17) is 0 Å². The van der Waals surface area contributed by atoms with Crippen molar-refractivity contribution in [2.75, 3.05) is 5.32 Å². The van der Waals surface area contributed by atoms with Crippen molar-refractivity contribution < 1.29 is 0 Å². The van der Waals surface area contributed by atoms with Gasteiger partial charge in [-0.3, -0.25) is 0 Å². The fraction of sp³-hybridized carbons (Fsp3) is 0.190. The van der Waals surface area contributed by atoms with E-state index in [1.807, 2.05) is 54.7 Å². The van der Waals surface area contributed by atoms with E-state index in [2.05, 4.69) is 47.6 Å². The number of nitrogens with zero attached hydrogens (tertiary/aromatic N) is 2. The molecule has 2 aromatic carbocycles. The zero-order chi connectivity index (χ0) is 16.8. The maximum Gasteiger partial charge on any atom is 0.0984 e. The van der Waals surface area contributed by atoms with Crippen molar-refractivity contribution >= 4 is 5.69 Å². The molecule has 0 unspecified atom stereocenters. The minimum atomic E-state index is -0.0329. The highest BCUT2D eigenvalue weighted by Crippen LogP contribution is 2.24. The lowest BCUT2D eigenvalue weighted by Crippen LogP contribution is -2.27. The molecule has 0 amide bonds. The summed E-state index contributed by atoms with van der Waals surface area (Å²) >= 11 is 0. The lowest BCUT2D eigenvalue weighted by Gasteiger charge is -2.22. The van der Waals surface area contributed by atoms with Gasteiger partial charge in [0, 0.05) is 30.5 Å². The largest absolute Gasteiger partial charge is 0.377 e. The Labute approximate surface area is 143 Å². The molecule has 0 bridgehead atoms. The number of benzene rings is 2. The molecule has 0 aromatic heterocycles. The summed E-state index contributed by atoms with van der Waals surface area (Å²) in [5.41, 5.74) is 2.99. The number of nitriles is 1. The maximum atomic E-state index is 9.65.